The maximum absolute atomic E-state index is 12.1. The lowest BCUT2D eigenvalue weighted by atomic mass is 9.67. The van der Waals surface area contributed by atoms with Gasteiger partial charge in [0.2, 0.25) is 15.9 Å². The van der Waals surface area contributed by atoms with Crippen LogP contribution in [0.5, 0.6) is 0 Å². The summed E-state index contributed by atoms with van der Waals surface area (Å²) < 4.78 is 24.7. The lowest BCUT2D eigenvalue weighted by Gasteiger charge is -2.45. The molecule has 2 bridgehead atoms. The smallest absolute Gasteiger partial charge is 0.238 e. The summed E-state index contributed by atoms with van der Waals surface area (Å²) in [4.78, 5) is 12.1. The largest absolute Gasteiger partial charge is 0.351 e. The van der Waals surface area contributed by atoms with Gasteiger partial charge in [0.15, 0.2) is 0 Å². The summed E-state index contributed by atoms with van der Waals surface area (Å²) in [5, 5.41) is 3.04. The molecule has 0 spiro atoms. The maximum atomic E-state index is 12.1. The van der Waals surface area contributed by atoms with E-state index in [0.29, 0.717) is 11.8 Å². The third kappa shape index (κ3) is 3.93. The van der Waals surface area contributed by atoms with Crippen LogP contribution in [-0.2, 0) is 14.8 Å². The Morgan fingerprint density at radius 3 is 2.30 bits per heavy atom. The van der Waals surface area contributed by atoms with Crippen LogP contribution in [0.4, 0.5) is 0 Å². The summed E-state index contributed by atoms with van der Waals surface area (Å²) >= 11 is 0. The summed E-state index contributed by atoms with van der Waals surface area (Å²) in [6, 6.07) is -0.341. The van der Waals surface area contributed by atoms with Crippen molar-refractivity contribution in [3.63, 3.8) is 0 Å². The van der Waals surface area contributed by atoms with E-state index in [9.17, 15) is 13.2 Å². The molecule has 2 aliphatic carbocycles. The van der Waals surface area contributed by atoms with Gasteiger partial charge in [-0.15, -0.1) is 0 Å². The summed E-state index contributed by atoms with van der Waals surface area (Å²) in [7, 11) is -3.37. The highest BCUT2D eigenvalue weighted by molar-refractivity contribution is 7.88. The van der Waals surface area contributed by atoms with E-state index in [-0.39, 0.29) is 18.0 Å². The van der Waals surface area contributed by atoms with E-state index in [4.69, 9.17) is 5.73 Å². The molecule has 4 N–H and O–H groups in total. The quantitative estimate of drug-likeness (QED) is 0.677. The molecule has 7 heteroatoms. The summed E-state index contributed by atoms with van der Waals surface area (Å²) in [5.41, 5.74) is 6.06. The topological polar surface area (TPSA) is 101 Å². The maximum Gasteiger partial charge on any atom is 0.238 e. The van der Waals surface area contributed by atoms with Crippen molar-refractivity contribution in [3.05, 3.63) is 0 Å². The highest BCUT2D eigenvalue weighted by Crippen LogP contribution is 2.39. The number of rotatable bonds is 4. The van der Waals surface area contributed by atoms with Crippen LogP contribution in [0.3, 0.4) is 0 Å². The zero-order chi connectivity index (χ0) is 14.9. The van der Waals surface area contributed by atoms with Gasteiger partial charge in [0.05, 0.1) is 12.3 Å². The van der Waals surface area contributed by atoms with Crippen LogP contribution in [0.1, 0.15) is 39.0 Å². The molecule has 0 aromatic heterocycles. The van der Waals surface area contributed by atoms with Crippen molar-refractivity contribution in [1.29, 1.82) is 0 Å². The molecule has 2 aliphatic rings. The Balaban J connectivity index is 1.97. The second-order valence-corrected chi connectivity index (χ2v) is 8.11. The first-order valence-electron chi connectivity index (χ1n) is 7.29. The minimum atomic E-state index is -3.37. The molecule has 0 heterocycles. The predicted molar refractivity (Wildman–Crippen MR) is 77.4 cm³/mol. The molecule has 2 fully saturated rings. The van der Waals surface area contributed by atoms with Crippen molar-refractivity contribution in [1.82, 2.24) is 10.0 Å². The fourth-order valence-corrected chi connectivity index (χ4v) is 4.44. The third-order valence-electron chi connectivity index (χ3n) is 4.47. The SMILES string of the molecule is CC(NS(C)(=O)=O)C(=O)NC1C2CCCC1CC(N)C2. The molecule has 0 saturated heterocycles. The second kappa shape index (κ2) is 5.99. The second-order valence-electron chi connectivity index (χ2n) is 6.33. The monoisotopic (exact) mass is 303 g/mol. The average molecular weight is 303 g/mol. The summed E-state index contributed by atoms with van der Waals surface area (Å²) in [6.45, 7) is 1.57. The highest BCUT2D eigenvalue weighted by atomic mass is 32.2. The standard InChI is InChI=1S/C13H25N3O3S/c1-8(16-20(2,18)19)13(17)15-12-9-4-3-5-10(12)7-11(14)6-9/h8-12,16H,3-7,14H2,1-2H3,(H,15,17). The Morgan fingerprint density at radius 1 is 1.25 bits per heavy atom. The Hall–Kier alpha value is -0.660. The molecule has 0 aromatic rings. The lowest BCUT2D eigenvalue weighted by Crippen LogP contribution is -2.57. The van der Waals surface area contributed by atoms with Gasteiger partial charge in [0, 0.05) is 12.1 Å². The number of carbonyl (C=O) groups is 1. The number of amides is 1. The van der Waals surface area contributed by atoms with Crippen LogP contribution in [0.2, 0.25) is 0 Å². The molecule has 2 saturated carbocycles. The Kier molecular flexibility index (Phi) is 4.71. The Bertz CT molecular complexity index is 451. The van der Waals surface area contributed by atoms with Crippen molar-refractivity contribution in [3.8, 4) is 0 Å². The molecule has 20 heavy (non-hydrogen) atoms. The number of hydrogen-bond donors (Lipinski definition) is 3. The number of hydrogen-bond acceptors (Lipinski definition) is 4. The molecular formula is C13H25N3O3S. The van der Waals surface area contributed by atoms with Gasteiger partial charge in [0.1, 0.15) is 0 Å². The van der Waals surface area contributed by atoms with Gasteiger partial charge in [0.25, 0.3) is 0 Å². The normalized spacial score (nSPS) is 35.4. The minimum absolute atomic E-state index is 0.153. The van der Waals surface area contributed by atoms with Gasteiger partial charge in [-0.2, -0.15) is 0 Å². The molecule has 3 unspecified atom stereocenters. The van der Waals surface area contributed by atoms with E-state index >= 15 is 0 Å². The fourth-order valence-electron chi connectivity index (χ4n) is 3.69. The molecule has 1 amide bonds. The van der Waals surface area contributed by atoms with Crippen LogP contribution in [0.15, 0.2) is 0 Å². The van der Waals surface area contributed by atoms with E-state index in [0.717, 1.165) is 31.9 Å². The van der Waals surface area contributed by atoms with Crippen LogP contribution in [-0.4, -0.2) is 38.7 Å². The van der Waals surface area contributed by atoms with E-state index in [2.05, 4.69) is 10.0 Å². The van der Waals surface area contributed by atoms with Crippen LogP contribution < -0.4 is 15.8 Å². The van der Waals surface area contributed by atoms with Gasteiger partial charge in [-0.05, 0) is 44.4 Å². The molecule has 116 valence electrons. The average Bonchev–Trinajstić information content (AvgIpc) is 2.27. The third-order valence-corrected chi connectivity index (χ3v) is 5.25. The van der Waals surface area contributed by atoms with E-state index in [1.165, 1.54) is 6.42 Å². The van der Waals surface area contributed by atoms with Crippen molar-refractivity contribution in [2.24, 2.45) is 17.6 Å². The van der Waals surface area contributed by atoms with E-state index in [1.807, 2.05) is 0 Å². The molecule has 6 nitrogen and oxygen atoms in total. The van der Waals surface area contributed by atoms with E-state index in [1.54, 1.807) is 6.92 Å². The number of carbonyl (C=O) groups excluding carboxylic acids is 1. The lowest BCUT2D eigenvalue weighted by molar-refractivity contribution is -0.124. The van der Waals surface area contributed by atoms with Crippen molar-refractivity contribution < 1.29 is 13.2 Å². The van der Waals surface area contributed by atoms with Crippen molar-refractivity contribution in [2.75, 3.05) is 6.26 Å². The van der Waals surface area contributed by atoms with Crippen LogP contribution >= 0.6 is 0 Å². The molecule has 0 aliphatic heterocycles. The zero-order valence-electron chi connectivity index (χ0n) is 12.1. The first-order valence-corrected chi connectivity index (χ1v) is 9.18. The summed E-state index contributed by atoms with van der Waals surface area (Å²) in [5.74, 6) is 0.631. The highest BCUT2D eigenvalue weighted by Gasteiger charge is 2.40. The number of nitrogens with two attached hydrogens (primary N) is 1. The Labute approximate surface area is 120 Å². The molecule has 3 atom stereocenters. The molecule has 0 radical (unpaired) electrons. The first-order chi connectivity index (χ1) is 9.26. The van der Waals surface area contributed by atoms with Crippen LogP contribution in [0.25, 0.3) is 0 Å². The van der Waals surface area contributed by atoms with Gasteiger partial charge >= 0.3 is 0 Å². The van der Waals surface area contributed by atoms with Crippen molar-refractivity contribution >= 4 is 15.9 Å². The fraction of sp³-hybridized carbons (Fsp3) is 0.923. The summed E-state index contributed by atoms with van der Waals surface area (Å²) in [6.07, 6.45) is 6.37. The Morgan fingerprint density at radius 2 is 1.80 bits per heavy atom. The number of fused-ring (bicyclic) bond motifs is 2. The van der Waals surface area contributed by atoms with Gasteiger partial charge in [-0.25, -0.2) is 13.1 Å². The van der Waals surface area contributed by atoms with Gasteiger partial charge < -0.3 is 11.1 Å². The molecule has 0 aromatic carbocycles. The number of nitrogens with one attached hydrogen (secondary N) is 2. The van der Waals surface area contributed by atoms with E-state index < -0.39 is 16.1 Å². The number of sulfonamides is 1. The zero-order valence-corrected chi connectivity index (χ0v) is 12.9. The van der Waals surface area contributed by atoms with Crippen molar-refractivity contribution in [2.45, 2.75) is 57.2 Å². The van der Waals surface area contributed by atoms with Crippen LogP contribution in [0, 0.1) is 11.8 Å². The molecular weight excluding hydrogens is 278 g/mol. The predicted octanol–water partition coefficient (Wildman–Crippen LogP) is -0.0537. The first kappa shape index (κ1) is 15.7. The minimum Gasteiger partial charge on any atom is -0.351 e. The van der Waals surface area contributed by atoms with Gasteiger partial charge in [-0.3, -0.25) is 4.79 Å². The molecule has 2 rings (SSSR count). The van der Waals surface area contributed by atoms with Gasteiger partial charge in [-0.1, -0.05) is 6.42 Å².